The highest BCUT2D eigenvalue weighted by molar-refractivity contribution is 7.93. The standard InChI is InChI=1S/C24H25N5O2S2/c1-17(16-30)26-23-21(22-9-6-14-32-22)15-25-24(28-23)27-18-10-12-20(13-11-18)33(2,31)29-19-7-4-3-5-8-19/h3-15,17,30H,16H2,1-2H3,(H2,25,26,27,28)/t17-,33?/m1/s1. The van der Waals surface area contributed by atoms with Crippen LogP contribution in [0.2, 0.25) is 0 Å². The molecule has 3 N–H and O–H groups in total. The third-order valence-corrected chi connectivity index (χ3v) is 7.43. The Hall–Kier alpha value is -3.27. The zero-order chi connectivity index (χ0) is 23.3. The van der Waals surface area contributed by atoms with Gasteiger partial charge in [-0.3, -0.25) is 0 Å². The molecule has 0 amide bonds. The van der Waals surface area contributed by atoms with E-state index in [1.54, 1.807) is 35.9 Å². The van der Waals surface area contributed by atoms with Gasteiger partial charge in [-0.25, -0.2) is 9.19 Å². The summed E-state index contributed by atoms with van der Waals surface area (Å²) in [5.74, 6) is 1.06. The first-order chi connectivity index (χ1) is 15.9. The molecule has 2 atom stereocenters. The predicted octanol–water partition coefficient (Wildman–Crippen LogP) is 5.53. The lowest BCUT2D eigenvalue weighted by atomic mass is 10.2. The molecule has 0 spiro atoms. The molecule has 2 heterocycles. The molecule has 9 heteroatoms. The predicted molar refractivity (Wildman–Crippen MR) is 136 cm³/mol. The summed E-state index contributed by atoms with van der Waals surface area (Å²) in [6, 6.07) is 20.4. The molecule has 4 rings (SSSR count). The Morgan fingerprint density at radius 1 is 1.09 bits per heavy atom. The summed E-state index contributed by atoms with van der Waals surface area (Å²) in [5.41, 5.74) is 2.32. The lowest BCUT2D eigenvalue weighted by Crippen LogP contribution is -2.21. The molecule has 0 radical (unpaired) electrons. The van der Waals surface area contributed by atoms with Gasteiger partial charge in [0.25, 0.3) is 0 Å². The number of nitrogens with zero attached hydrogens (tertiary/aromatic N) is 3. The third kappa shape index (κ3) is 5.75. The number of anilines is 3. The van der Waals surface area contributed by atoms with Gasteiger partial charge in [0.05, 0.1) is 27.6 Å². The summed E-state index contributed by atoms with van der Waals surface area (Å²) in [5, 5.41) is 17.9. The maximum Gasteiger partial charge on any atom is 0.229 e. The van der Waals surface area contributed by atoms with Crippen LogP contribution < -0.4 is 10.6 Å². The number of aliphatic hydroxyl groups excluding tert-OH is 1. The molecular weight excluding hydrogens is 454 g/mol. The van der Waals surface area contributed by atoms with Gasteiger partial charge in [-0.15, -0.1) is 11.3 Å². The first-order valence-electron chi connectivity index (χ1n) is 10.4. The fraction of sp³-hybridized carbons (Fsp3) is 0.167. The van der Waals surface area contributed by atoms with E-state index in [4.69, 9.17) is 0 Å². The molecule has 0 saturated heterocycles. The molecule has 0 aliphatic carbocycles. The Morgan fingerprint density at radius 3 is 2.52 bits per heavy atom. The normalized spacial score (nSPS) is 13.7. The van der Waals surface area contributed by atoms with E-state index in [0.717, 1.165) is 16.1 Å². The average Bonchev–Trinajstić information content (AvgIpc) is 3.35. The van der Waals surface area contributed by atoms with Gasteiger partial charge in [0, 0.05) is 34.0 Å². The van der Waals surface area contributed by atoms with Crippen molar-refractivity contribution in [3.05, 3.63) is 78.3 Å². The largest absolute Gasteiger partial charge is 0.394 e. The van der Waals surface area contributed by atoms with Crippen molar-refractivity contribution in [2.75, 3.05) is 23.5 Å². The van der Waals surface area contributed by atoms with Crippen LogP contribution in [0, 0.1) is 0 Å². The lowest BCUT2D eigenvalue weighted by Gasteiger charge is -2.16. The highest BCUT2D eigenvalue weighted by Gasteiger charge is 2.13. The number of benzene rings is 2. The van der Waals surface area contributed by atoms with E-state index >= 15 is 0 Å². The molecule has 0 fully saturated rings. The molecule has 2 aromatic heterocycles. The van der Waals surface area contributed by atoms with Crippen LogP contribution >= 0.6 is 11.3 Å². The summed E-state index contributed by atoms with van der Waals surface area (Å²) in [7, 11) is -2.57. The van der Waals surface area contributed by atoms with E-state index in [1.807, 2.05) is 66.9 Å². The van der Waals surface area contributed by atoms with Crippen LogP contribution in [0.4, 0.5) is 23.1 Å². The molecule has 1 unspecified atom stereocenters. The number of aliphatic hydroxyl groups is 1. The third-order valence-electron chi connectivity index (χ3n) is 4.82. The monoisotopic (exact) mass is 479 g/mol. The topological polar surface area (TPSA) is 99.5 Å². The van der Waals surface area contributed by atoms with E-state index < -0.39 is 9.73 Å². The fourth-order valence-corrected chi connectivity index (χ4v) is 5.11. The van der Waals surface area contributed by atoms with E-state index in [-0.39, 0.29) is 12.6 Å². The second-order valence-corrected chi connectivity index (χ2v) is 10.7. The van der Waals surface area contributed by atoms with Crippen molar-refractivity contribution in [2.45, 2.75) is 17.9 Å². The van der Waals surface area contributed by atoms with Gasteiger partial charge in [-0.1, -0.05) is 24.3 Å². The van der Waals surface area contributed by atoms with Gasteiger partial charge in [0.15, 0.2) is 0 Å². The minimum Gasteiger partial charge on any atom is -0.394 e. The number of aromatic nitrogens is 2. The summed E-state index contributed by atoms with van der Waals surface area (Å²) in [6.07, 6.45) is 3.40. The van der Waals surface area contributed by atoms with E-state index in [1.165, 1.54) is 0 Å². The van der Waals surface area contributed by atoms with Crippen LogP contribution in [0.15, 0.2) is 87.6 Å². The quantitative estimate of drug-likeness (QED) is 0.307. The van der Waals surface area contributed by atoms with Crippen molar-refractivity contribution in [1.29, 1.82) is 0 Å². The second-order valence-electron chi connectivity index (χ2n) is 7.54. The number of hydrogen-bond donors (Lipinski definition) is 3. The van der Waals surface area contributed by atoms with Gasteiger partial charge in [0.2, 0.25) is 5.95 Å². The number of nitrogens with one attached hydrogen (secondary N) is 2. The minimum absolute atomic E-state index is 0.0115. The van der Waals surface area contributed by atoms with Crippen LogP contribution in [-0.4, -0.2) is 38.2 Å². The van der Waals surface area contributed by atoms with E-state index in [9.17, 15) is 9.32 Å². The maximum absolute atomic E-state index is 13.1. The summed E-state index contributed by atoms with van der Waals surface area (Å²) < 4.78 is 17.5. The lowest BCUT2D eigenvalue weighted by molar-refractivity contribution is 0.281. The SMILES string of the molecule is C[C@H](CO)Nc1nc(Nc2ccc(S(C)(=O)=Nc3ccccc3)cc2)ncc1-c1cccs1. The zero-order valence-corrected chi connectivity index (χ0v) is 19.9. The highest BCUT2D eigenvalue weighted by atomic mass is 32.2. The van der Waals surface area contributed by atoms with Crippen molar-refractivity contribution in [3.63, 3.8) is 0 Å². The zero-order valence-electron chi connectivity index (χ0n) is 18.3. The van der Waals surface area contributed by atoms with Crippen molar-refractivity contribution >= 4 is 44.2 Å². The maximum atomic E-state index is 13.1. The number of hydrogen-bond acceptors (Lipinski definition) is 8. The molecule has 0 saturated carbocycles. The van der Waals surface area contributed by atoms with Gasteiger partial charge in [-0.2, -0.15) is 9.35 Å². The first-order valence-corrected chi connectivity index (χ1v) is 13.2. The van der Waals surface area contributed by atoms with Crippen LogP contribution in [0.5, 0.6) is 0 Å². The van der Waals surface area contributed by atoms with Gasteiger partial charge in [0.1, 0.15) is 5.82 Å². The molecule has 33 heavy (non-hydrogen) atoms. The molecule has 2 aromatic carbocycles. The van der Waals surface area contributed by atoms with Crippen LogP contribution in [0.3, 0.4) is 0 Å². The second kappa shape index (κ2) is 10.1. The molecule has 4 aromatic rings. The van der Waals surface area contributed by atoms with Crippen molar-refractivity contribution < 1.29 is 9.32 Å². The molecular formula is C24H25N5O2S2. The van der Waals surface area contributed by atoms with Crippen LogP contribution in [0.1, 0.15) is 6.92 Å². The molecule has 0 aliphatic heterocycles. The molecule has 0 bridgehead atoms. The van der Waals surface area contributed by atoms with Crippen LogP contribution in [0.25, 0.3) is 10.4 Å². The number of thiophene rings is 1. The summed E-state index contributed by atoms with van der Waals surface area (Å²) in [4.78, 5) is 10.8. The smallest absolute Gasteiger partial charge is 0.229 e. The molecule has 7 nitrogen and oxygen atoms in total. The Bertz CT molecular complexity index is 1320. The first kappa shape index (κ1) is 22.9. The Balaban J connectivity index is 1.57. The fourth-order valence-electron chi connectivity index (χ4n) is 3.11. The Kier molecular flexibility index (Phi) is 7.02. The van der Waals surface area contributed by atoms with Crippen LogP contribution in [-0.2, 0) is 9.73 Å². The molecule has 170 valence electrons. The van der Waals surface area contributed by atoms with Crippen molar-refractivity contribution in [1.82, 2.24) is 9.97 Å². The molecule has 0 aliphatic rings. The highest BCUT2D eigenvalue weighted by Crippen LogP contribution is 2.31. The average molecular weight is 480 g/mol. The summed E-state index contributed by atoms with van der Waals surface area (Å²) >= 11 is 1.60. The summed E-state index contributed by atoms with van der Waals surface area (Å²) in [6.45, 7) is 1.87. The van der Waals surface area contributed by atoms with Gasteiger partial charge >= 0.3 is 0 Å². The van der Waals surface area contributed by atoms with Crippen molar-refractivity contribution in [3.8, 4) is 10.4 Å². The Morgan fingerprint density at radius 2 is 1.85 bits per heavy atom. The van der Waals surface area contributed by atoms with E-state index in [2.05, 4.69) is 25.0 Å². The minimum atomic E-state index is -2.57. The number of rotatable bonds is 8. The Labute approximate surface area is 197 Å². The van der Waals surface area contributed by atoms with Gasteiger partial charge in [-0.05, 0) is 54.8 Å². The van der Waals surface area contributed by atoms with Gasteiger partial charge < -0.3 is 15.7 Å². The van der Waals surface area contributed by atoms with E-state index in [0.29, 0.717) is 22.3 Å². The van der Waals surface area contributed by atoms with Crippen molar-refractivity contribution in [2.24, 2.45) is 4.36 Å².